The Labute approximate surface area is 106 Å². The zero-order chi connectivity index (χ0) is 12.5. The number of benzene rings is 1. The van der Waals surface area contributed by atoms with E-state index in [0.29, 0.717) is 0 Å². The summed E-state index contributed by atoms with van der Waals surface area (Å²) < 4.78 is 0. The van der Waals surface area contributed by atoms with Crippen LogP contribution in [-0.2, 0) is 0 Å². The van der Waals surface area contributed by atoms with Crippen LogP contribution in [-0.4, -0.2) is 9.97 Å². The van der Waals surface area contributed by atoms with Gasteiger partial charge in [-0.3, -0.25) is 4.98 Å². The quantitative estimate of drug-likeness (QED) is 0.720. The fraction of sp³-hybridized carbons (Fsp3) is 0.133. The van der Waals surface area contributed by atoms with Crippen molar-refractivity contribution in [3.05, 3.63) is 65.6 Å². The lowest BCUT2D eigenvalue weighted by Crippen LogP contribution is -2.12. The Morgan fingerprint density at radius 3 is 2.61 bits per heavy atom. The van der Waals surface area contributed by atoms with Gasteiger partial charge in [-0.2, -0.15) is 0 Å². The summed E-state index contributed by atoms with van der Waals surface area (Å²) in [5.74, 6) is 0. The summed E-state index contributed by atoms with van der Waals surface area (Å²) in [6.07, 6.45) is 3.55. The van der Waals surface area contributed by atoms with Crippen LogP contribution in [0.2, 0.25) is 0 Å². The van der Waals surface area contributed by atoms with Crippen molar-refractivity contribution in [2.24, 2.45) is 5.73 Å². The molecule has 18 heavy (non-hydrogen) atoms. The summed E-state index contributed by atoms with van der Waals surface area (Å²) in [7, 11) is 0. The van der Waals surface area contributed by atoms with E-state index in [1.807, 2.05) is 24.3 Å². The Kier molecular flexibility index (Phi) is 2.61. The van der Waals surface area contributed by atoms with Crippen molar-refractivity contribution in [1.82, 2.24) is 9.97 Å². The van der Waals surface area contributed by atoms with Crippen LogP contribution in [0.15, 0.2) is 48.8 Å². The van der Waals surface area contributed by atoms with Gasteiger partial charge in [-0.25, -0.2) is 0 Å². The number of rotatable bonds is 2. The van der Waals surface area contributed by atoms with Crippen molar-refractivity contribution in [2.45, 2.75) is 13.0 Å². The van der Waals surface area contributed by atoms with E-state index >= 15 is 0 Å². The number of aromatic nitrogens is 2. The van der Waals surface area contributed by atoms with Crippen molar-refractivity contribution >= 4 is 10.9 Å². The Morgan fingerprint density at radius 2 is 1.83 bits per heavy atom. The Hall–Kier alpha value is -2.13. The fourth-order valence-corrected chi connectivity index (χ4v) is 2.44. The molecule has 0 saturated heterocycles. The van der Waals surface area contributed by atoms with Crippen LogP contribution >= 0.6 is 0 Å². The standard InChI is InChI=1S/C15H15N3/c1-10-14(12-4-2-3-5-13(12)18-10)15(16)11-6-8-17-9-7-11/h2-9,15,18H,16H2,1H3. The van der Waals surface area contributed by atoms with Gasteiger partial charge in [-0.1, -0.05) is 18.2 Å². The second kappa shape index (κ2) is 4.27. The molecule has 3 N–H and O–H groups in total. The third-order valence-corrected chi connectivity index (χ3v) is 3.32. The van der Waals surface area contributed by atoms with Crippen LogP contribution < -0.4 is 5.73 Å². The van der Waals surface area contributed by atoms with Gasteiger partial charge in [0.2, 0.25) is 0 Å². The molecule has 3 aromatic rings. The maximum atomic E-state index is 6.38. The molecule has 3 nitrogen and oxygen atoms in total. The zero-order valence-corrected chi connectivity index (χ0v) is 10.2. The molecule has 0 saturated carbocycles. The summed E-state index contributed by atoms with van der Waals surface area (Å²) in [6.45, 7) is 2.07. The number of aromatic amines is 1. The van der Waals surface area contributed by atoms with E-state index in [0.717, 1.165) is 22.3 Å². The van der Waals surface area contributed by atoms with Gasteiger partial charge in [0.05, 0.1) is 6.04 Å². The number of H-pyrrole nitrogens is 1. The first kappa shape index (κ1) is 11.0. The summed E-state index contributed by atoms with van der Waals surface area (Å²) in [5, 5.41) is 1.19. The van der Waals surface area contributed by atoms with Crippen molar-refractivity contribution in [2.75, 3.05) is 0 Å². The van der Waals surface area contributed by atoms with Gasteiger partial charge >= 0.3 is 0 Å². The van der Waals surface area contributed by atoms with Gasteiger partial charge in [0.15, 0.2) is 0 Å². The number of nitrogens with one attached hydrogen (secondary N) is 1. The topological polar surface area (TPSA) is 54.7 Å². The number of fused-ring (bicyclic) bond motifs is 1. The molecule has 2 aromatic heterocycles. The highest BCUT2D eigenvalue weighted by Crippen LogP contribution is 2.29. The van der Waals surface area contributed by atoms with Crippen LogP contribution in [0.5, 0.6) is 0 Å². The normalized spacial score (nSPS) is 12.8. The van der Waals surface area contributed by atoms with E-state index in [9.17, 15) is 0 Å². The molecule has 0 aliphatic heterocycles. The molecule has 3 heteroatoms. The minimum atomic E-state index is -0.121. The minimum Gasteiger partial charge on any atom is -0.358 e. The van der Waals surface area contributed by atoms with Gasteiger partial charge in [0.25, 0.3) is 0 Å². The van der Waals surface area contributed by atoms with E-state index < -0.39 is 0 Å². The molecule has 0 spiro atoms. The number of pyridine rings is 1. The summed E-state index contributed by atoms with van der Waals surface area (Å²) in [5.41, 5.74) is 10.9. The molecule has 0 radical (unpaired) electrons. The molecule has 0 aliphatic rings. The number of nitrogens with two attached hydrogens (primary N) is 1. The molecule has 0 amide bonds. The van der Waals surface area contributed by atoms with Gasteiger partial charge in [-0.05, 0) is 30.7 Å². The van der Waals surface area contributed by atoms with Crippen LogP contribution in [0.25, 0.3) is 10.9 Å². The van der Waals surface area contributed by atoms with Crippen molar-refractivity contribution in [3.8, 4) is 0 Å². The molecule has 0 fully saturated rings. The van der Waals surface area contributed by atoms with Gasteiger partial charge < -0.3 is 10.7 Å². The number of hydrogen-bond acceptors (Lipinski definition) is 2. The summed E-state index contributed by atoms with van der Waals surface area (Å²) in [6, 6.07) is 12.1. The highest BCUT2D eigenvalue weighted by Gasteiger charge is 2.16. The molecule has 0 aliphatic carbocycles. The Bertz CT molecular complexity index is 671. The molecule has 3 rings (SSSR count). The predicted octanol–water partition coefficient (Wildman–Crippen LogP) is 2.92. The Morgan fingerprint density at radius 1 is 1.11 bits per heavy atom. The molecule has 1 unspecified atom stereocenters. The minimum absolute atomic E-state index is 0.121. The molecule has 0 bridgehead atoms. The highest BCUT2D eigenvalue weighted by atomic mass is 14.7. The van der Waals surface area contributed by atoms with E-state index in [-0.39, 0.29) is 6.04 Å². The maximum absolute atomic E-state index is 6.38. The number of aryl methyl sites for hydroxylation is 1. The van der Waals surface area contributed by atoms with Gasteiger partial charge in [-0.15, -0.1) is 0 Å². The van der Waals surface area contributed by atoms with E-state index in [1.54, 1.807) is 12.4 Å². The van der Waals surface area contributed by atoms with Crippen LogP contribution in [0, 0.1) is 6.92 Å². The van der Waals surface area contributed by atoms with Crippen molar-refractivity contribution < 1.29 is 0 Å². The second-order valence-electron chi connectivity index (χ2n) is 4.47. The van der Waals surface area contributed by atoms with Gasteiger partial charge in [0, 0.05) is 34.6 Å². The van der Waals surface area contributed by atoms with Crippen molar-refractivity contribution in [1.29, 1.82) is 0 Å². The molecule has 2 heterocycles. The first-order valence-electron chi connectivity index (χ1n) is 6.00. The second-order valence-corrected chi connectivity index (χ2v) is 4.47. The van der Waals surface area contributed by atoms with Crippen LogP contribution in [0.4, 0.5) is 0 Å². The molecular weight excluding hydrogens is 222 g/mol. The van der Waals surface area contributed by atoms with Crippen LogP contribution in [0.3, 0.4) is 0 Å². The Balaban J connectivity index is 2.17. The predicted molar refractivity (Wildman–Crippen MR) is 73.3 cm³/mol. The monoisotopic (exact) mass is 237 g/mol. The number of nitrogens with zero attached hydrogens (tertiary/aromatic N) is 1. The lowest BCUT2D eigenvalue weighted by atomic mass is 9.98. The molecule has 1 atom stereocenters. The molecule has 90 valence electrons. The third-order valence-electron chi connectivity index (χ3n) is 3.32. The third kappa shape index (κ3) is 1.69. The average Bonchev–Trinajstić information content (AvgIpc) is 2.75. The average molecular weight is 237 g/mol. The molecular formula is C15H15N3. The van der Waals surface area contributed by atoms with Gasteiger partial charge in [0.1, 0.15) is 0 Å². The number of hydrogen-bond donors (Lipinski definition) is 2. The smallest absolute Gasteiger partial charge is 0.0576 e. The summed E-state index contributed by atoms with van der Waals surface area (Å²) in [4.78, 5) is 7.41. The first-order valence-corrected chi connectivity index (χ1v) is 6.00. The number of para-hydroxylation sites is 1. The van der Waals surface area contributed by atoms with Crippen molar-refractivity contribution in [3.63, 3.8) is 0 Å². The first-order chi connectivity index (χ1) is 8.77. The molecule has 1 aromatic carbocycles. The largest absolute Gasteiger partial charge is 0.358 e. The van der Waals surface area contributed by atoms with E-state index in [2.05, 4.69) is 29.0 Å². The van der Waals surface area contributed by atoms with Crippen LogP contribution in [0.1, 0.15) is 22.9 Å². The highest BCUT2D eigenvalue weighted by molar-refractivity contribution is 5.85. The maximum Gasteiger partial charge on any atom is 0.0576 e. The SMILES string of the molecule is Cc1[nH]c2ccccc2c1C(N)c1ccncc1. The lowest BCUT2D eigenvalue weighted by molar-refractivity contribution is 0.865. The lowest BCUT2D eigenvalue weighted by Gasteiger charge is -2.12. The summed E-state index contributed by atoms with van der Waals surface area (Å²) >= 11 is 0. The van der Waals surface area contributed by atoms with E-state index in [1.165, 1.54) is 5.39 Å². The zero-order valence-electron chi connectivity index (χ0n) is 10.2. The fourth-order valence-electron chi connectivity index (χ4n) is 2.44. The van der Waals surface area contributed by atoms with E-state index in [4.69, 9.17) is 5.73 Å².